The number of aliphatic hydroxyl groups is 1. The van der Waals surface area contributed by atoms with Crippen molar-refractivity contribution in [2.75, 3.05) is 32.7 Å². The molecular formula is C16H23N5O2. The summed E-state index contributed by atoms with van der Waals surface area (Å²) >= 11 is 0. The highest BCUT2D eigenvalue weighted by Gasteiger charge is 2.25. The van der Waals surface area contributed by atoms with Crippen molar-refractivity contribution in [2.24, 2.45) is 0 Å². The summed E-state index contributed by atoms with van der Waals surface area (Å²) in [6.07, 6.45) is 0. The predicted octanol–water partition coefficient (Wildman–Crippen LogP) is 0.346. The van der Waals surface area contributed by atoms with E-state index < -0.39 is 5.60 Å². The van der Waals surface area contributed by atoms with E-state index in [2.05, 4.69) is 15.2 Å². The summed E-state index contributed by atoms with van der Waals surface area (Å²) in [5, 5.41) is 18.0. The van der Waals surface area contributed by atoms with Crippen LogP contribution in [0.5, 0.6) is 0 Å². The summed E-state index contributed by atoms with van der Waals surface area (Å²) in [7, 11) is 0. The van der Waals surface area contributed by atoms with E-state index in [1.807, 2.05) is 29.2 Å². The molecular weight excluding hydrogens is 294 g/mol. The van der Waals surface area contributed by atoms with Gasteiger partial charge in [0, 0.05) is 32.7 Å². The number of amides is 1. The topological polar surface area (TPSA) is 74.5 Å². The molecule has 0 unspecified atom stereocenters. The Kier molecular flexibility index (Phi) is 4.32. The molecule has 23 heavy (non-hydrogen) atoms. The maximum absolute atomic E-state index is 12.5. The van der Waals surface area contributed by atoms with Crippen LogP contribution in [0.3, 0.4) is 0 Å². The fourth-order valence-electron chi connectivity index (χ4n) is 2.96. The maximum Gasteiger partial charge on any atom is 0.244 e. The summed E-state index contributed by atoms with van der Waals surface area (Å²) < 4.78 is 1.65. The third kappa shape index (κ3) is 3.86. The molecule has 0 aliphatic carbocycles. The molecule has 0 radical (unpaired) electrons. The first-order valence-electron chi connectivity index (χ1n) is 7.93. The molecule has 0 saturated carbocycles. The van der Waals surface area contributed by atoms with Gasteiger partial charge in [-0.1, -0.05) is 17.3 Å². The smallest absolute Gasteiger partial charge is 0.244 e. The van der Waals surface area contributed by atoms with Crippen LogP contribution >= 0.6 is 0 Å². The molecule has 124 valence electrons. The highest BCUT2D eigenvalue weighted by atomic mass is 16.3. The molecule has 1 fully saturated rings. The van der Waals surface area contributed by atoms with Crippen molar-refractivity contribution in [3.8, 4) is 0 Å². The van der Waals surface area contributed by atoms with Gasteiger partial charge in [0.1, 0.15) is 12.1 Å². The van der Waals surface area contributed by atoms with Gasteiger partial charge < -0.3 is 10.0 Å². The van der Waals surface area contributed by atoms with Crippen LogP contribution in [0.1, 0.15) is 13.8 Å². The van der Waals surface area contributed by atoms with Crippen LogP contribution in [0.4, 0.5) is 0 Å². The van der Waals surface area contributed by atoms with E-state index in [4.69, 9.17) is 0 Å². The van der Waals surface area contributed by atoms with Crippen molar-refractivity contribution in [1.82, 2.24) is 24.8 Å². The predicted molar refractivity (Wildman–Crippen MR) is 86.8 cm³/mol. The number of hydrogen-bond donors (Lipinski definition) is 1. The normalized spacial score (nSPS) is 16.9. The number of benzene rings is 1. The minimum Gasteiger partial charge on any atom is -0.389 e. The van der Waals surface area contributed by atoms with Crippen molar-refractivity contribution in [2.45, 2.75) is 26.0 Å². The second-order valence-electron chi connectivity index (χ2n) is 6.71. The Morgan fingerprint density at radius 1 is 1.22 bits per heavy atom. The van der Waals surface area contributed by atoms with E-state index in [-0.39, 0.29) is 12.5 Å². The Labute approximate surface area is 135 Å². The van der Waals surface area contributed by atoms with Crippen molar-refractivity contribution >= 4 is 16.9 Å². The molecule has 1 saturated heterocycles. The molecule has 3 rings (SSSR count). The van der Waals surface area contributed by atoms with Crippen LogP contribution in [-0.2, 0) is 11.3 Å². The van der Waals surface area contributed by atoms with Crippen molar-refractivity contribution in [3.63, 3.8) is 0 Å². The van der Waals surface area contributed by atoms with Gasteiger partial charge in [-0.15, -0.1) is 5.10 Å². The van der Waals surface area contributed by atoms with E-state index in [0.29, 0.717) is 19.6 Å². The highest BCUT2D eigenvalue weighted by molar-refractivity contribution is 5.79. The lowest BCUT2D eigenvalue weighted by Gasteiger charge is -2.37. The van der Waals surface area contributed by atoms with E-state index in [1.165, 1.54) is 0 Å². The Morgan fingerprint density at radius 3 is 2.61 bits per heavy atom. The number of carbonyl (C=O) groups is 1. The van der Waals surface area contributed by atoms with Gasteiger partial charge >= 0.3 is 0 Å². The molecule has 0 spiro atoms. The fraction of sp³-hybridized carbons (Fsp3) is 0.562. The zero-order chi connectivity index (χ0) is 16.4. The number of piperazine rings is 1. The van der Waals surface area contributed by atoms with Crippen LogP contribution < -0.4 is 0 Å². The first-order chi connectivity index (χ1) is 10.9. The SMILES string of the molecule is CC(C)(O)CN1CCN(C(=O)Cn2nnc3ccccc32)CC1. The molecule has 2 heterocycles. The van der Waals surface area contributed by atoms with Crippen LogP contribution in [-0.4, -0.2) is 74.1 Å². The average Bonchev–Trinajstić information content (AvgIpc) is 2.90. The van der Waals surface area contributed by atoms with Crippen LogP contribution in [0, 0.1) is 0 Å². The standard InChI is InChI=1S/C16H23N5O2/c1-16(2,23)12-19-7-9-20(10-8-19)15(22)11-21-14-6-4-3-5-13(14)17-18-21/h3-6,23H,7-12H2,1-2H3. The third-order valence-electron chi connectivity index (χ3n) is 4.04. The fourth-order valence-corrected chi connectivity index (χ4v) is 2.96. The summed E-state index contributed by atoms with van der Waals surface area (Å²) in [6, 6.07) is 7.63. The Hall–Kier alpha value is -1.99. The Morgan fingerprint density at radius 2 is 1.91 bits per heavy atom. The van der Waals surface area contributed by atoms with Gasteiger partial charge in [0.05, 0.1) is 11.1 Å². The summed E-state index contributed by atoms with van der Waals surface area (Å²) in [6.45, 7) is 7.39. The lowest BCUT2D eigenvalue weighted by Crippen LogP contribution is -2.52. The lowest BCUT2D eigenvalue weighted by molar-refractivity contribution is -0.134. The molecule has 2 aromatic rings. The summed E-state index contributed by atoms with van der Waals surface area (Å²) in [4.78, 5) is 16.5. The van der Waals surface area contributed by atoms with Crippen molar-refractivity contribution in [3.05, 3.63) is 24.3 Å². The van der Waals surface area contributed by atoms with Gasteiger partial charge in [0.25, 0.3) is 0 Å². The zero-order valence-corrected chi connectivity index (χ0v) is 13.6. The van der Waals surface area contributed by atoms with Crippen LogP contribution in [0.2, 0.25) is 0 Å². The molecule has 1 aromatic heterocycles. The highest BCUT2D eigenvalue weighted by Crippen LogP contribution is 2.12. The molecule has 7 nitrogen and oxygen atoms in total. The van der Waals surface area contributed by atoms with Gasteiger partial charge in [-0.2, -0.15) is 0 Å². The van der Waals surface area contributed by atoms with Crippen molar-refractivity contribution in [1.29, 1.82) is 0 Å². The molecule has 1 aromatic carbocycles. The van der Waals surface area contributed by atoms with E-state index >= 15 is 0 Å². The molecule has 0 atom stereocenters. The average molecular weight is 317 g/mol. The quantitative estimate of drug-likeness (QED) is 0.880. The number of hydrogen-bond acceptors (Lipinski definition) is 5. The molecule has 1 amide bonds. The molecule has 7 heteroatoms. The monoisotopic (exact) mass is 317 g/mol. The maximum atomic E-state index is 12.5. The van der Waals surface area contributed by atoms with Crippen molar-refractivity contribution < 1.29 is 9.90 Å². The Balaban J connectivity index is 1.58. The number of carbonyl (C=O) groups excluding carboxylic acids is 1. The molecule has 0 bridgehead atoms. The Bertz CT molecular complexity index is 683. The van der Waals surface area contributed by atoms with Crippen LogP contribution in [0.15, 0.2) is 24.3 Å². The minimum atomic E-state index is -0.703. The van der Waals surface area contributed by atoms with Gasteiger partial charge in [-0.3, -0.25) is 9.69 Å². The van der Waals surface area contributed by atoms with E-state index in [1.54, 1.807) is 18.5 Å². The second-order valence-corrected chi connectivity index (χ2v) is 6.71. The van der Waals surface area contributed by atoms with E-state index in [0.717, 1.165) is 24.1 Å². The number of aromatic nitrogens is 3. The first-order valence-corrected chi connectivity index (χ1v) is 7.93. The van der Waals surface area contributed by atoms with Gasteiger partial charge in [0.15, 0.2) is 0 Å². The number of nitrogens with zero attached hydrogens (tertiary/aromatic N) is 5. The number of rotatable bonds is 4. The molecule has 1 aliphatic heterocycles. The lowest BCUT2D eigenvalue weighted by atomic mass is 10.1. The summed E-state index contributed by atoms with van der Waals surface area (Å²) in [5.41, 5.74) is 0.975. The third-order valence-corrected chi connectivity index (χ3v) is 4.04. The molecule has 1 N–H and O–H groups in total. The van der Waals surface area contributed by atoms with Gasteiger partial charge in [-0.25, -0.2) is 4.68 Å². The number of fused-ring (bicyclic) bond motifs is 1. The van der Waals surface area contributed by atoms with E-state index in [9.17, 15) is 9.90 Å². The first kappa shape index (κ1) is 15.9. The zero-order valence-electron chi connectivity index (χ0n) is 13.6. The number of β-amino-alcohol motifs (C(OH)–C–C–N with tert-alkyl or cyclic N) is 1. The second kappa shape index (κ2) is 6.25. The van der Waals surface area contributed by atoms with Gasteiger partial charge in [-0.05, 0) is 26.0 Å². The van der Waals surface area contributed by atoms with Crippen LogP contribution in [0.25, 0.3) is 11.0 Å². The largest absolute Gasteiger partial charge is 0.389 e. The number of para-hydroxylation sites is 1. The molecule has 1 aliphatic rings. The minimum absolute atomic E-state index is 0.0589. The van der Waals surface area contributed by atoms with Gasteiger partial charge in [0.2, 0.25) is 5.91 Å². The summed E-state index contributed by atoms with van der Waals surface area (Å²) in [5.74, 6) is 0.0589.